The summed E-state index contributed by atoms with van der Waals surface area (Å²) in [6, 6.07) is 6.28. The lowest BCUT2D eigenvalue weighted by Crippen LogP contribution is -2.18. The average Bonchev–Trinajstić information content (AvgIpc) is 2.80. The summed E-state index contributed by atoms with van der Waals surface area (Å²) in [5, 5.41) is 5.05. The molecule has 102 valence electrons. The summed E-state index contributed by atoms with van der Waals surface area (Å²) in [4.78, 5) is 1.90. The highest BCUT2D eigenvalue weighted by Crippen LogP contribution is 2.26. The van der Waals surface area contributed by atoms with Crippen molar-refractivity contribution < 1.29 is 12.8 Å². The van der Waals surface area contributed by atoms with E-state index >= 15 is 0 Å². The van der Waals surface area contributed by atoms with Crippen LogP contribution in [0.2, 0.25) is 0 Å². The molecule has 2 aromatic rings. The number of sulfonamides is 1. The van der Waals surface area contributed by atoms with Crippen molar-refractivity contribution in [3.8, 4) is 0 Å². The Morgan fingerprint density at radius 3 is 2.58 bits per heavy atom. The summed E-state index contributed by atoms with van der Waals surface area (Å²) in [7, 11) is -1.87. The van der Waals surface area contributed by atoms with Crippen LogP contribution in [0.1, 0.15) is 5.56 Å². The van der Waals surface area contributed by atoms with Crippen LogP contribution < -0.4 is 15.8 Å². The Morgan fingerprint density at radius 1 is 1.32 bits per heavy atom. The van der Waals surface area contributed by atoms with Crippen molar-refractivity contribution >= 4 is 21.4 Å². The lowest BCUT2D eigenvalue weighted by molar-refractivity contribution is 0.563. The number of hydrogen-bond donors (Lipinski definition) is 2. The number of nitrogens with two attached hydrogens (primary N) is 2. The van der Waals surface area contributed by atoms with Gasteiger partial charge in [0.25, 0.3) is 0 Å². The molecule has 7 heteroatoms. The molecule has 6 nitrogen and oxygen atoms in total. The summed E-state index contributed by atoms with van der Waals surface area (Å²) in [5.74, 6) is 0. The number of nitrogens with zero attached hydrogens (tertiary/aromatic N) is 1. The fraction of sp³-hybridized carbons (Fsp3) is 0.167. The summed E-state index contributed by atoms with van der Waals surface area (Å²) >= 11 is 0. The number of furan rings is 1. The van der Waals surface area contributed by atoms with E-state index in [2.05, 4.69) is 0 Å². The Hall–Kier alpha value is -1.99. The standard InChI is InChI=1S/C12H15N3O3S/c1-15(7-9-4-5-18-8-9)12-3-2-10(6-11(12)13)19(14,16)17/h2-6,8H,7,13H2,1H3,(H2,14,16,17). The molecule has 0 saturated heterocycles. The van der Waals surface area contributed by atoms with Crippen LogP contribution in [-0.2, 0) is 16.6 Å². The quantitative estimate of drug-likeness (QED) is 0.818. The van der Waals surface area contributed by atoms with Gasteiger partial charge in [0.1, 0.15) is 0 Å². The predicted octanol–water partition coefficient (Wildman–Crippen LogP) is 1.15. The maximum Gasteiger partial charge on any atom is 0.238 e. The molecule has 0 spiro atoms. The molecule has 0 bridgehead atoms. The Balaban J connectivity index is 2.26. The monoisotopic (exact) mass is 281 g/mol. The van der Waals surface area contributed by atoms with Gasteiger partial charge in [0.05, 0.1) is 28.8 Å². The number of hydrogen-bond acceptors (Lipinski definition) is 5. The maximum atomic E-state index is 11.2. The van der Waals surface area contributed by atoms with Crippen LogP contribution in [0.25, 0.3) is 0 Å². The second kappa shape index (κ2) is 4.94. The van der Waals surface area contributed by atoms with Crippen molar-refractivity contribution in [1.29, 1.82) is 0 Å². The average molecular weight is 281 g/mol. The second-order valence-electron chi connectivity index (χ2n) is 4.25. The molecule has 2 rings (SSSR count). The molecule has 0 aliphatic carbocycles. The normalized spacial score (nSPS) is 11.5. The molecule has 1 aromatic carbocycles. The zero-order chi connectivity index (χ0) is 14.0. The van der Waals surface area contributed by atoms with Gasteiger partial charge in [0, 0.05) is 19.2 Å². The van der Waals surface area contributed by atoms with Crippen LogP contribution in [0.5, 0.6) is 0 Å². The third-order valence-electron chi connectivity index (χ3n) is 2.74. The maximum absolute atomic E-state index is 11.2. The molecule has 0 aliphatic rings. The Morgan fingerprint density at radius 2 is 2.05 bits per heavy atom. The van der Waals surface area contributed by atoms with Crippen molar-refractivity contribution in [2.75, 3.05) is 17.7 Å². The van der Waals surface area contributed by atoms with Crippen LogP contribution in [0, 0.1) is 0 Å². The van der Waals surface area contributed by atoms with Gasteiger partial charge >= 0.3 is 0 Å². The van der Waals surface area contributed by atoms with Crippen molar-refractivity contribution in [3.05, 3.63) is 42.4 Å². The highest BCUT2D eigenvalue weighted by Gasteiger charge is 2.12. The predicted molar refractivity (Wildman–Crippen MR) is 73.0 cm³/mol. The second-order valence-corrected chi connectivity index (χ2v) is 5.81. The largest absolute Gasteiger partial charge is 0.472 e. The summed E-state index contributed by atoms with van der Waals surface area (Å²) in [6.45, 7) is 0.607. The van der Waals surface area contributed by atoms with Gasteiger partial charge in [-0.25, -0.2) is 13.6 Å². The van der Waals surface area contributed by atoms with E-state index in [0.717, 1.165) is 11.3 Å². The van der Waals surface area contributed by atoms with E-state index in [1.54, 1.807) is 18.6 Å². The van der Waals surface area contributed by atoms with Crippen LogP contribution in [0.15, 0.2) is 46.1 Å². The van der Waals surface area contributed by atoms with E-state index in [-0.39, 0.29) is 4.90 Å². The molecule has 0 amide bonds. The first-order chi connectivity index (χ1) is 8.88. The molecule has 1 aromatic heterocycles. The molecule has 19 heavy (non-hydrogen) atoms. The minimum atomic E-state index is -3.73. The van der Waals surface area contributed by atoms with Gasteiger partial charge in [-0.1, -0.05) is 0 Å². The van der Waals surface area contributed by atoms with Gasteiger partial charge in [0.2, 0.25) is 10.0 Å². The Labute approximate surface area is 111 Å². The Kier molecular flexibility index (Phi) is 3.50. The third-order valence-corrected chi connectivity index (χ3v) is 3.65. The number of anilines is 2. The van der Waals surface area contributed by atoms with E-state index in [0.29, 0.717) is 12.2 Å². The highest BCUT2D eigenvalue weighted by atomic mass is 32.2. The third kappa shape index (κ3) is 3.07. The molecule has 0 saturated carbocycles. The van der Waals surface area contributed by atoms with E-state index in [9.17, 15) is 8.42 Å². The summed E-state index contributed by atoms with van der Waals surface area (Å²) in [5.41, 5.74) is 7.95. The zero-order valence-electron chi connectivity index (χ0n) is 10.4. The molecule has 0 aliphatic heterocycles. The first-order valence-electron chi connectivity index (χ1n) is 5.52. The van der Waals surface area contributed by atoms with Crippen LogP contribution in [0.4, 0.5) is 11.4 Å². The minimum Gasteiger partial charge on any atom is -0.472 e. The van der Waals surface area contributed by atoms with Crippen molar-refractivity contribution in [3.63, 3.8) is 0 Å². The van der Waals surface area contributed by atoms with Gasteiger partial charge < -0.3 is 15.1 Å². The van der Waals surface area contributed by atoms with Crippen molar-refractivity contribution in [2.45, 2.75) is 11.4 Å². The van der Waals surface area contributed by atoms with Crippen molar-refractivity contribution in [2.24, 2.45) is 5.14 Å². The van der Waals surface area contributed by atoms with Gasteiger partial charge in [-0.05, 0) is 24.3 Å². The van der Waals surface area contributed by atoms with E-state index in [4.69, 9.17) is 15.3 Å². The smallest absolute Gasteiger partial charge is 0.238 e. The van der Waals surface area contributed by atoms with Gasteiger partial charge in [-0.2, -0.15) is 0 Å². The SMILES string of the molecule is CN(Cc1ccoc1)c1ccc(S(N)(=O)=O)cc1N. The van der Waals surface area contributed by atoms with Crippen LogP contribution in [0.3, 0.4) is 0 Å². The first-order valence-corrected chi connectivity index (χ1v) is 7.07. The minimum absolute atomic E-state index is 0.00506. The topological polar surface area (TPSA) is 103 Å². The molecule has 1 heterocycles. The number of primary sulfonamides is 1. The zero-order valence-corrected chi connectivity index (χ0v) is 11.2. The number of nitrogen functional groups attached to an aromatic ring is 1. The lowest BCUT2D eigenvalue weighted by Gasteiger charge is -2.20. The summed E-state index contributed by atoms with van der Waals surface area (Å²) < 4.78 is 27.4. The molecular weight excluding hydrogens is 266 g/mol. The number of benzene rings is 1. The highest BCUT2D eigenvalue weighted by molar-refractivity contribution is 7.89. The lowest BCUT2D eigenvalue weighted by atomic mass is 10.2. The Bertz CT molecular complexity index is 666. The molecule has 0 radical (unpaired) electrons. The van der Waals surface area contributed by atoms with Gasteiger partial charge in [-0.15, -0.1) is 0 Å². The molecular formula is C12H15N3O3S. The van der Waals surface area contributed by atoms with Crippen LogP contribution >= 0.6 is 0 Å². The molecule has 0 atom stereocenters. The fourth-order valence-corrected chi connectivity index (χ4v) is 2.35. The van der Waals surface area contributed by atoms with E-state index in [1.165, 1.54) is 12.1 Å². The molecule has 4 N–H and O–H groups in total. The van der Waals surface area contributed by atoms with Gasteiger partial charge in [-0.3, -0.25) is 0 Å². The fourth-order valence-electron chi connectivity index (χ4n) is 1.80. The summed E-state index contributed by atoms with van der Waals surface area (Å²) in [6.07, 6.45) is 3.24. The van der Waals surface area contributed by atoms with E-state index in [1.807, 2.05) is 18.0 Å². The molecule has 0 unspecified atom stereocenters. The number of rotatable bonds is 4. The molecule has 0 fully saturated rings. The van der Waals surface area contributed by atoms with Crippen molar-refractivity contribution in [1.82, 2.24) is 0 Å². The van der Waals surface area contributed by atoms with Gasteiger partial charge in [0.15, 0.2) is 0 Å². The van der Waals surface area contributed by atoms with E-state index < -0.39 is 10.0 Å². The van der Waals surface area contributed by atoms with Crippen LogP contribution in [-0.4, -0.2) is 15.5 Å². The first kappa shape index (κ1) is 13.4.